The summed E-state index contributed by atoms with van der Waals surface area (Å²) in [5, 5.41) is 12.1. The molecule has 1 atom stereocenters. The van der Waals surface area contributed by atoms with E-state index in [1.54, 1.807) is 12.2 Å². The van der Waals surface area contributed by atoms with Gasteiger partial charge in [0.15, 0.2) is 0 Å². The van der Waals surface area contributed by atoms with Crippen molar-refractivity contribution in [3.8, 4) is 0 Å². The molecule has 0 saturated heterocycles. The molecular formula is C16H10O3. The zero-order valence-corrected chi connectivity index (χ0v) is 9.96. The van der Waals surface area contributed by atoms with Gasteiger partial charge in [0.05, 0.1) is 5.57 Å². The number of hydrogen-bond acceptors (Lipinski definition) is 3. The maximum atomic E-state index is 12.2. The number of benzene rings is 1. The van der Waals surface area contributed by atoms with Crippen LogP contribution in [0.15, 0.2) is 59.9 Å². The summed E-state index contributed by atoms with van der Waals surface area (Å²) in [6, 6.07) is 7.59. The summed E-state index contributed by atoms with van der Waals surface area (Å²) in [6.45, 7) is 0. The molecule has 4 rings (SSSR count). The van der Waals surface area contributed by atoms with Crippen LogP contribution in [0.2, 0.25) is 0 Å². The first-order valence-corrected chi connectivity index (χ1v) is 6.10. The Balaban J connectivity index is 2.32. The third-order valence-corrected chi connectivity index (χ3v) is 3.65. The second-order valence-corrected chi connectivity index (χ2v) is 4.69. The van der Waals surface area contributed by atoms with Crippen molar-refractivity contribution in [2.75, 3.05) is 0 Å². The summed E-state index contributed by atoms with van der Waals surface area (Å²) in [6.07, 6.45) is 6.24. The molecule has 1 unspecified atom stereocenters. The molecule has 0 radical (unpaired) electrons. The Morgan fingerprint density at radius 2 is 1.84 bits per heavy atom. The highest BCUT2D eigenvalue weighted by molar-refractivity contribution is 6.15. The number of fused-ring (bicyclic) bond motifs is 1. The Hall–Kier alpha value is -2.39. The van der Waals surface area contributed by atoms with Crippen LogP contribution in [0.4, 0.5) is 0 Å². The minimum Gasteiger partial charge on any atom is -0.424 e. The Morgan fingerprint density at radius 1 is 1.05 bits per heavy atom. The van der Waals surface area contributed by atoms with Crippen molar-refractivity contribution in [1.29, 1.82) is 0 Å². The number of aliphatic hydroxyl groups is 1. The van der Waals surface area contributed by atoms with Crippen molar-refractivity contribution in [3.63, 3.8) is 0 Å². The first-order chi connectivity index (χ1) is 9.25. The van der Waals surface area contributed by atoms with Gasteiger partial charge >= 0.3 is 5.97 Å². The minimum absolute atomic E-state index is 0.291. The summed E-state index contributed by atoms with van der Waals surface area (Å²) < 4.78 is 5.28. The van der Waals surface area contributed by atoms with E-state index in [0.717, 1.165) is 21.6 Å². The van der Waals surface area contributed by atoms with E-state index in [1.165, 1.54) is 0 Å². The van der Waals surface area contributed by atoms with Crippen molar-refractivity contribution in [2.24, 2.45) is 0 Å². The maximum Gasteiger partial charge on any atom is 0.343 e. The molecule has 0 aromatic heterocycles. The van der Waals surface area contributed by atoms with Crippen LogP contribution in [0.25, 0.3) is 11.1 Å². The van der Waals surface area contributed by atoms with Crippen LogP contribution in [-0.2, 0) is 9.53 Å². The molecule has 0 spiro atoms. The van der Waals surface area contributed by atoms with E-state index in [2.05, 4.69) is 0 Å². The zero-order chi connectivity index (χ0) is 13.0. The van der Waals surface area contributed by atoms with Crippen molar-refractivity contribution in [3.05, 3.63) is 70.3 Å². The van der Waals surface area contributed by atoms with Gasteiger partial charge < -0.3 is 9.84 Å². The fraction of sp³-hybridized carbons (Fsp3) is 0.0625. The number of allylic oxidation sites excluding steroid dienone is 3. The summed E-state index contributed by atoms with van der Waals surface area (Å²) >= 11 is 0. The van der Waals surface area contributed by atoms with Gasteiger partial charge in [-0.3, -0.25) is 0 Å². The van der Waals surface area contributed by atoms with Crippen LogP contribution in [0.3, 0.4) is 0 Å². The standard InChI is InChI=1S/C16H10O3/c17-15-13-8-6-9-5-7-12(16(18)19-13)10-3-1-2-4-11(10)14(9)15/h1-8,15,17H. The van der Waals surface area contributed by atoms with Gasteiger partial charge in [-0.05, 0) is 28.2 Å². The van der Waals surface area contributed by atoms with Gasteiger partial charge in [-0.1, -0.05) is 36.4 Å². The van der Waals surface area contributed by atoms with E-state index in [-0.39, 0.29) is 0 Å². The van der Waals surface area contributed by atoms with Crippen LogP contribution in [0.1, 0.15) is 0 Å². The van der Waals surface area contributed by atoms with Gasteiger partial charge in [-0.15, -0.1) is 0 Å². The van der Waals surface area contributed by atoms with Crippen molar-refractivity contribution >= 4 is 17.1 Å². The first kappa shape index (κ1) is 10.5. The molecule has 1 aromatic rings. The molecule has 1 N–H and O–H groups in total. The molecule has 19 heavy (non-hydrogen) atoms. The predicted molar refractivity (Wildman–Crippen MR) is 69.9 cm³/mol. The summed E-state index contributed by atoms with van der Waals surface area (Å²) in [5.41, 5.74) is 2.24. The molecule has 3 bridgehead atoms. The molecule has 3 nitrogen and oxygen atoms in total. The largest absolute Gasteiger partial charge is 0.424 e. The summed E-state index contributed by atoms with van der Waals surface area (Å²) in [7, 11) is 0. The van der Waals surface area contributed by atoms with E-state index >= 15 is 0 Å². The predicted octanol–water partition coefficient (Wildman–Crippen LogP) is 0.299. The Labute approximate surface area is 109 Å². The highest BCUT2D eigenvalue weighted by Gasteiger charge is 2.30. The molecule has 1 aromatic carbocycles. The van der Waals surface area contributed by atoms with Crippen LogP contribution in [-0.4, -0.2) is 17.2 Å². The SMILES string of the molecule is O=C1OC2=CC=C3C=CC1=c1ccccc1=C3C2O. The fourth-order valence-corrected chi connectivity index (χ4v) is 2.75. The highest BCUT2D eigenvalue weighted by atomic mass is 16.5. The number of carbonyl (C=O) groups excluding carboxylic acids is 1. The van der Waals surface area contributed by atoms with Crippen molar-refractivity contribution in [1.82, 2.24) is 0 Å². The third-order valence-electron chi connectivity index (χ3n) is 3.65. The van der Waals surface area contributed by atoms with Gasteiger partial charge in [0.25, 0.3) is 0 Å². The van der Waals surface area contributed by atoms with Crippen molar-refractivity contribution in [2.45, 2.75) is 6.10 Å². The average molecular weight is 250 g/mol. The first-order valence-electron chi connectivity index (χ1n) is 6.10. The lowest BCUT2D eigenvalue weighted by Gasteiger charge is -2.23. The second-order valence-electron chi connectivity index (χ2n) is 4.69. The van der Waals surface area contributed by atoms with Gasteiger partial charge in [-0.25, -0.2) is 4.79 Å². The quantitative estimate of drug-likeness (QED) is 0.674. The van der Waals surface area contributed by atoms with Crippen LogP contribution in [0, 0.1) is 0 Å². The molecule has 0 amide bonds. The lowest BCUT2D eigenvalue weighted by molar-refractivity contribution is -0.133. The number of esters is 1. The molecule has 92 valence electrons. The summed E-state index contributed by atoms with van der Waals surface area (Å²) in [5.74, 6) is -0.135. The van der Waals surface area contributed by atoms with E-state index in [0.29, 0.717) is 11.3 Å². The number of aliphatic hydroxyl groups excluding tert-OH is 1. The Bertz CT molecular complexity index is 822. The van der Waals surface area contributed by atoms with Crippen molar-refractivity contribution < 1.29 is 14.6 Å². The number of ether oxygens (including phenoxy) is 1. The van der Waals surface area contributed by atoms with E-state index in [9.17, 15) is 9.90 Å². The zero-order valence-electron chi connectivity index (χ0n) is 9.96. The summed E-state index contributed by atoms with van der Waals surface area (Å²) in [4.78, 5) is 12.2. The lowest BCUT2D eigenvalue weighted by Crippen LogP contribution is -2.37. The highest BCUT2D eigenvalue weighted by Crippen LogP contribution is 2.30. The molecule has 0 fully saturated rings. The topological polar surface area (TPSA) is 46.5 Å². The smallest absolute Gasteiger partial charge is 0.343 e. The minimum atomic E-state index is -0.894. The normalized spacial score (nSPS) is 23.2. The maximum absolute atomic E-state index is 12.2. The van der Waals surface area contributed by atoms with Gasteiger partial charge in [0, 0.05) is 5.57 Å². The van der Waals surface area contributed by atoms with Gasteiger partial charge in [0.2, 0.25) is 0 Å². The van der Waals surface area contributed by atoms with Gasteiger partial charge in [0.1, 0.15) is 11.9 Å². The van der Waals surface area contributed by atoms with Gasteiger partial charge in [-0.2, -0.15) is 0 Å². The molecule has 0 saturated carbocycles. The number of hydrogen-bond donors (Lipinski definition) is 1. The monoisotopic (exact) mass is 250 g/mol. The molecule has 1 heterocycles. The van der Waals surface area contributed by atoms with Crippen LogP contribution >= 0.6 is 0 Å². The Morgan fingerprint density at radius 3 is 2.68 bits per heavy atom. The lowest BCUT2D eigenvalue weighted by atomic mass is 9.92. The molecule has 3 heteroatoms. The Kier molecular flexibility index (Phi) is 1.97. The number of rotatable bonds is 0. The molecule has 1 aliphatic heterocycles. The van der Waals surface area contributed by atoms with E-state index < -0.39 is 12.1 Å². The third kappa shape index (κ3) is 1.33. The van der Waals surface area contributed by atoms with E-state index in [4.69, 9.17) is 4.74 Å². The van der Waals surface area contributed by atoms with Crippen LogP contribution < -0.4 is 10.4 Å². The second kappa shape index (κ2) is 3.56. The molecular weight excluding hydrogens is 240 g/mol. The molecule has 3 aliphatic rings. The molecule has 2 aliphatic carbocycles. The average Bonchev–Trinajstić information content (AvgIpc) is 2.51. The fourth-order valence-electron chi connectivity index (χ4n) is 2.75. The van der Waals surface area contributed by atoms with Crippen LogP contribution in [0.5, 0.6) is 0 Å². The van der Waals surface area contributed by atoms with E-state index in [1.807, 2.05) is 36.4 Å². The number of carbonyl (C=O) groups is 1.